The molecule has 3 fully saturated rings. The first kappa shape index (κ1) is 23.3. The Hall–Kier alpha value is -0.480. The van der Waals surface area contributed by atoms with Gasteiger partial charge in [0.2, 0.25) is 0 Å². The van der Waals surface area contributed by atoms with E-state index in [2.05, 4.69) is 70.2 Å². The number of aliphatic hydroxyl groups excluding tert-OH is 1. The minimum atomic E-state index is -0.136. The van der Waals surface area contributed by atoms with Gasteiger partial charge in [0.25, 0.3) is 0 Å². The molecule has 3 saturated carbocycles. The smallest absolute Gasteiger partial charge is 0.142 e. The van der Waals surface area contributed by atoms with Crippen LogP contribution >= 0.6 is 45.2 Å². The molecule has 4 aliphatic carbocycles. The van der Waals surface area contributed by atoms with Crippen LogP contribution in [0.15, 0.2) is 34.0 Å². The van der Waals surface area contributed by atoms with Crippen LogP contribution in [0.1, 0.15) is 70.8 Å². The second-order valence-electron chi connectivity index (χ2n) is 10.8. The first-order valence-electron chi connectivity index (χ1n) is 11.9. The molecule has 2 N–H and O–H groups in total. The summed E-state index contributed by atoms with van der Waals surface area (Å²) in [6, 6.07) is 3.89. The van der Waals surface area contributed by atoms with E-state index in [1.807, 2.05) is 18.3 Å². The number of fused-ring (bicyclic) bond motifs is 5. The number of hydrogen-bond donors (Lipinski definition) is 2. The van der Waals surface area contributed by atoms with Crippen LogP contribution in [-0.2, 0) is 0 Å². The van der Waals surface area contributed by atoms with Gasteiger partial charge >= 0.3 is 0 Å². The standard InChI is InChI=1S/C26H32I2N2O2/c1-25-9-7-17(31)13-16(25)3-4-18-19-5-6-23(26(19,2)10-8-20(18)25)30-29-14-15-11-21(27)24(32)22(28)12-15/h3,11-12,14,17-20,31-32H,4-10,13H2,1-2H3/b29-14-,30-23-/t17-,18+,19-,20+,25-,26-/m0/s1. The highest BCUT2D eigenvalue weighted by molar-refractivity contribution is 14.1. The Morgan fingerprint density at radius 2 is 1.72 bits per heavy atom. The highest BCUT2D eigenvalue weighted by Crippen LogP contribution is 2.64. The van der Waals surface area contributed by atoms with Crippen LogP contribution in [0.5, 0.6) is 5.75 Å². The van der Waals surface area contributed by atoms with E-state index in [4.69, 9.17) is 5.10 Å². The second-order valence-corrected chi connectivity index (χ2v) is 13.1. The summed E-state index contributed by atoms with van der Waals surface area (Å²) >= 11 is 4.31. The van der Waals surface area contributed by atoms with E-state index in [1.54, 1.807) is 0 Å². The Morgan fingerprint density at radius 1 is 1.03 bits per heavy atom. The molecule has 0 saturated heterocycles. The maximum absolute atomic E-state index is 10.2. The van der Waals surface area contributed by atoms with Crippen LogP contribution in [0.3, 0.4) is 0 Å². The van der Waals surface area contributed by atoms with Crippen molar-refractivity contribution >= 4 is 57.1 Å². The van der Waals surface area contributed by atoms with E-state index in [1.165, 1.54) is 37.0 Å². The fourth-order valence-corrected chi connectivity index (χ4v) is 9.24. The van der Waals surface area contributed by atoms with Gasteiger partial charge in [0.15, 0.2) is 0 Å². The third kappa shape index (κ3) is 3.80. The molecule has 1 aromatic rings. The monoisotopic (exact) mass is 658 g/mol. The zero-order valence-electron chi connectivity index (χ0n) is 18.8. The topological polar surface area (TPSA) is 65.2 Å². The number of hydrogen-bond acceptors (Lipinski definition) is 4. The van der Waals surface area contributed by atoms with Crippen molar-refractivity contribution in [3.8, 4) is 5.75 Å². The third-order valence-electron chi connectivity index (χ3n) is 9.24. The Labute approximate surface area is 218 Å². The fourth-order valence-electron chi connectivity index (χ4n) is 7.42. The van der Waals surface area contributed by atoms with Crippen LogP contribution in [0, 0.1) is 35.7 Å². The number of halogens is 2. The van der Waals surface area contributed by atoms with Crippen molar-refractivity contribution < 1.29 is 10.2 Å². The maximum atomic E-state index is 10.2. The van der Waals surface area contributed by atoms with Crippen molar-refractivity contribution in [3.63, 3.8) is 0 Å². The van der Waals surface area contributed by atoms with E-state index >= 15 is 0 Å². The average molecular weight is 658 g/mol. The molecule has 0 aromatic heterocycles. The van der Waals surface area contributed by atoms with Crippen LogP contribution in [0.4, 0.5) is 0 Å². The molecule has 5 rings (SSSR count). The van der Waals surface area contributed by atoms with Gasteiger partial charge in [0.1, 0.15) is 5.75 Å². The number of aromatic hydroxyl groups is 1. The van der Waals surface area contributed by atoms with Crippen LogP contribution < -0.4 is 0 Å². The molecule has 1 aromatic carbocycles. The lowest BCUT2D eigenvalue weighted by molar-refractivity contribution is -0.0209. The number of phenolic OH excluding ortho intramolecular Hbond substituents is 1. The lowest BCUT2D eigenvalue weighted by Gasteiger charge is -2.57. The van der Waals surface area contributed by atoms with Crippen molar-refractivity contribution in [1.29, 1.82) is 0 Å². The summed E-state index contributed by atoms with van der Waals surface area (Å²) < 4.78 is 1.67. The number of allylic oxidation sites excluding steroid dienone is 1. The summed E-state index contributed by atoms with van der Waals surface area (Å²) in [5, 5.41) is 29.5. The molecule has 4 nitrogen and oxygen atoms in total. The molecule has 0 bridgehead atoms. The molecule has 32 heavy (non-hydrogen) atoms. The molecule has 172 valence electrons. The quantitative estimate of drug-likeness (QED) is 0.161. The molecular formula is C26H32I2N2O2. The summed E-state index contributed by atoms with van der Waals surface area (Å²) in [5.74, 6) is 2.50. The SMILES string of the molecule is C[C@]12CC[C@H](O)CC1=CC[C@H]1[C@H]2CC[C@]2(C)/C(=N\N=C/c3cc(I)c(O)c(I)c3)CC[C@@H]12. The molecule has 0 unspecified atom stereocenters. The van der Waals surface area contributed by atoms with Crippen molar-refractivity contribution in [2.24, 2.45) is 38.8 Å². The molecule has 6 heteroatoms. The van der Waals surface area contributed by atoms with Gasteiger partial charge in [0, 0.05) is 11.1 Å². The van der Waals surface area contributed by atoms with Crippen LogP contribution in [0.2, 0.25) is 0 Å². The number of nitrogens with zero attached hydrogens (tertiary/aromatic N) is 2. The number of aliphatic hydroxyl groups is 1. The minimum absolute atomic E-state index is 0.136. The largest absolute Gasteiger partial charge is 0.506 e. The van der Waals surface area contributed by atoms with E-state index in [0.717, 1.165) is 50.2 Å². The molecule has 6 atom stereocenters. The Kier molecular flexibility index (Phi) is 6.27. The van der Waals surface area contributed by atoms with Crippen molar-refractivity contribution in [3.05, 3.63) is 36.5 Å². The number of rotatable bonds is 2. The van der Waals surface area contributed by atoms with Gasteiger partial charge in [0.05, 0.1) is 19.5 Å². The van der Waals surface area contributed by atoms with Gasteiger partial charge in [-0.1, -0.05) is 25.5 Å². The van der Waals surface area contributed by atoms with Crippen molar-refractivity contribution in [1.82, 2.24) is 0 Å². The van der Waals surface area contributed by atoms with Crippen molar-refractivity contribution in [2.45, 2.75) is 71.3 Å². The molecule has 0 aliphatic heterocycles. The third-order valence-corrected chi connectivity index (χ3v) is 10.9. The molecule has 0 amide bonds. The van der Waals surface area contributed by atoms with Crippen LogP contribution in [0.25, 0.3) is 0 Å². The Morgan fingerprint density at radius 3 is 2.47 bits per heavy atom. The van der Waals surface area contributed by atoms with Crippen molar-refractivity contribution in [2.75, 3.05) is 0 Å². The first-order valence-corrected chi connectivity index (χ1v) is 14.0. The van der Waals surface area contributed by atoms with Crippen LogP contribution in [-0.4, -0.2) is 28.2 Å². The molecule has 4 aliphatic rings. The summed E-state index contributed by atoms with van der Waals surface area (Å²) in [5.41, 5.74) is 4.23. The zero-order chi connectivity index (χ0) is 22.7. The summed E-state index contributed by atoms with van der Waals surface area (Å²) in [4.78, 5) is 0. The summed E-state index contributed by atoms with van der Waals surface area (Å²) in [6.45, 7) is 4.92. The summed E-state index contributed by atoms with van der Waals surface area (Å²) in [6.07, 6.45) is 13.1. The zero-order valence-corrected chi connectivity index (χ0v) is 23.1. The van der Waals surface area contributed by atoms with E-state index in [9.17, 15) is 10.2 Å². The lowest BCUT2D eigenvalue weighted by Crippen LogP contribution is -2.50. The van der Waals surface area contributed by atoms with E-state index in [-0.39, 0.29) is 16.9 Å². The average Bonchev–Trinajstić information content (AvgIpc) is 3.09. The van der Waals surface area contributed by atoms with Gasteiger partial charge in [-0.2, -0.15) is 10.2 Å². The number of benzene rings is 1. The Bertz CT molecular complexity index is 996. The number of phenols is 1. The second kappa shape index (κ2) is 8.63. The van der Waals surface area contributed by atoms with Gasteiger partial charge in [-0.15, -0.1) is 0 Å². The molecular weight excluding hydrogens is 626 g/mol. The predicted octanol–water partition coefficient (Wildman–Crippen LogP) is 6.70. The molecule has 0 spiro atoms. The highest BCUT2D eigenvalue weighted by atomic mass is 127. The van der Waals surface area contributed by atoms with E-state index < -0.39 is 0 Å². The highest BCUT2D eigenvalue weighted by Gasteiger charge is 2.57. The Balaban J connectivity index is 1.37. The van der Waals surface area contributed by atoms with Gasteiger partial charge in [-0.05, 0) is 137 Å². The van der Waals surface area contributed by atoms with Gasteiger partial charge < -0.3 is 10.2 Å². The summed E-state index contributed by atoms with van der Waals surface area (Å²) in [7, 11) is 0. The maximum Gasteiger partial charge on any atom is 0.142 e. The lowest BCUT2D eigenvalue weighted by atomic mass is 9.48. The van der Waals surface area contributed by atoms with E-state index in [0.29, 0.717) is 11.7 Å². The first-order chi connectivity index (χ1) is 15.2. The van der Waals surface area contributed by atoms with Gasteiger partial charge in [-0.3, -0.25) is 0 Å². The fraction of sp³-hybridized carbons (Fsp3) is 0.615. The molecule has 0 radical (unpaired) electrons. The minimum Gasteiger partial charge on any atom is -0.506 e. The van der Waals surface area contributed by atoms with Gasteiger partial charge in [-0.25, -0.2) is 0 Å². The predicted molar refractivity (Wildman–Crippen MR) is 146 cm³/mol. The molecule has 0 heterocycles. The normalized spacial score (nSPS) is 40.2.